The largest absolute Gasteiger partial charge is 0.504 e. The second kappa shape index (κ2) is 6.78. The zero-order chi connectivity index (χ0) is 14.5. The average molecular weight is 267 g/mol. The van der Waals surface area contributed by atoms with Crippen LogP contribution in [0.1, 0.15) is 38.8 Å². The van der Waals surface area contributed by atoms with Gasteiger partial charge in [0.1, 0.15) is 0 Å². The van der Waals surface area contributed by atoms with Gasteiger partial charge in [0.25, 0.3) is 0 Å². The van der Waals surface area contributed by atoms with Gasteiger partial charge in [-0.2, -0.15) is 0 Å². The molecule has 1 rings (SSSR count). The quantitative estimate of drug-likeness (QED) is 0.710. The van der Waals surface area contributed by atoms with E-state index in [0.29, 0.717) is 5.75 Å². The van der Waals surface area contributed by atoms with E-state index in [1.165, 1.54) is 0 Å². The number of aliphatic hydroxyl groups is 1. The fourth-order valence-electron chi connectivity index (χ4n) is 1.90. The van der Waals surface area contributed by atoms with Crippen molar-refractivity contribution in [1.29, 1.82) is 0 Å². The van der Waals surface area contributed by atoms with E-state index in [-0.39, 0.29) is 23.8 Å². The van der Waals surface area contributed by atoms with E-state index < -0.39 is 0 Å². The predicted octanol–water partition coefficient (Wildman–Crippen LogP) is 2.46. The Balaban J connectivity index is 2.65. The molecular formula is C15H25NO3. The van der Waals surface area contributed by atoms with Crippen molar-refractivity contribution >= 4 is 0 Å². The monoisotopic (exact) mass is 267 g/mol. The molecular weight excluding hydrogens is 242 g/mol. The molecule has 0 radical (unpaired) electrons. The Morgan fingerprint density at radius 3 is 2.63 bits per heavy atom. The number of rotatable bonds is 7. The van der Waals surface area contributed by atoms with E-state index in [4.69, 9.17) is 9.84 Å². The number of ether oxygens (including phenoxy) is 1. The van der Waals surface area contributed by atoms with Crippen molar-refractivity contribution < 1.29 is 14.9 Å². The highest BCUT2D eigenvalue weighted by atomic mass is 16.5. The standard InChI is InChI=1S/C15H25NO3/c1-11(16-10-15(2,3)7-8-17)12-5-6-13(18)14(9-12)19-4/h5-6,9,11,16-18H,7-8,10H2,1-4H3. The second-order valence-electron chi connectivity index (χ2n) is 5.67. The third-order valence-electron chi connectivity index (χ3n) is 3.38. The minimum absolute atomic E-state index is 0.0595. The Bertz CT molecular complexity index is 404. The molecule has 0 saturated heterocycles. The third-order valence-corrected chi connectivity index (χ3v) is 3.38. The number of phenols is 1. The summed E-state index contributed by atoms with van der Waals surface area (Å²) in [6.07, 6.45) is 0.769. The third kappa shape index (κ3) is 4.73. The van der Waals surface area contributed by atoms with Crippen molar-refractivity contribution in [1.82, 2.24) is 5.32 Å². The maximum atomic E-state index is 9.57. The summed E-state index contributed by atoms with van der Waals surface area (Å²) >= 11 is 0. The first-order valence-corrected chi connectivity index (χ1v) is 6.61. The Labute approximate surface area is 115 Å². The maximum Gasteiger partial charge on any atom is 0.160 e. The van der Waals surface area contributed by atoms with E-state index >= 15 is 0 Å². The first-order valence-electron chi connectivity index (χ1n) is 6.61. The Hall–Kier alpha value is -1.26. The summed E-state index contributed by atoms with van der Waals surface area (Å²) in [5, 5.41) is 22.0. The van der Waals surface area contributed by atoms with Gasteiger partial charge in [-0.15, -0.1) is 0 Å². The number of methoxy groups -OCH3 is 1. The van der Waals surface area contributed by atoms with Gasteiger partial charge in [0, 0.05) is 19.2 Å². The van der Waals surface area contributed by atoms with Crippen LogP contribution in [0.15, 0.2) is 18.2 Å². The molecule has 108 valence electrons. The van der Waals surface area contributed by atoms with Crippen LogP contribution in [0.5, 0.6) is 11.5 Å². The zero-order valence-corrected chi connectivity index (χ0v) is 12.2. The second-order valence-corrected chi connectivity index (χ2v) is 5.67. The van der Waals surface area contributed by atoms with Crippen LogP contribution in [0.25, 0.3) is 0 Å². The summed E-state index contributed by atoms with van der Waals surface area (Å²) in [4.78, 5) is 0. The molecule has 0 fully saturated rings. The van der Waals surface area contributed by atoms with Gasteiger partial charge < -0.3 is 20.3 Å². The maximum absolute atomic E-state index is 9.57. The SMILES string of the molecule is COc1cc(C(C)NCC(C)(C)CCO)ccc1O. The van der Waals surface area contributed by atoms with Crippen LogP contribution < -0.4 is 10.1 Å². The normalized spacial score (nSPS) is 13.3. The van der Waals surface area contributed by atoms with Gasteiger partial charge in [0.2, 0.25) is 0 Å². The van der Waals surface area contributed by atoms with Crippen LogP contribution >= 0.6 is 0 Å². The molecule has 3 N–H and O–H groups in total. The molecule has 4 heteroatoms. The lowest BCUT2D eigenvalue weighted by molar-refractivity contribution is 0.203. The number of nitrogens with one attached hydrogen (secondary N) is 1. The topological polar surface area (TPSA) is 61.7 Å². The van der Waals surface area contributed by atoms with E-state index in [1.807, 2.05) is 12.1 Å². The fourth-order valence-corrected chi connectivity index (χ4v) is 1.90. The van der Waals surface area contributed by atoms with Crippen molar-refractivity contribution in [3.05, 3.63) is 23.8 Å². The van der Waals surface area contributed by atoms with Crippen LogP contribution in [-0.4, -0.2) is 30.5 Å². The summed E-state index contributed by atoms with van der Waals surface area (Å²) < 4.78 is 5.11. The number of benzene rings is 1. The van der Waals surface area contributed by atoms with Gasteiger partial charge in [-0.1, -0.05) is 19.9 Å². The van der Waals surface area contributed by atoms with Crippen LogP contribution in [0.2, 0.25) is 0 Å². The summed E-state index contributed by atoms with van der Waals surface area (Å²) in [6, 6.07) is 5.53. The molecule has 0 heterocycles. The highest BCUT2D eigenvalue weighted by Gasteiger charge is 2.18. The summed E-state index contributed by atoms with van der Waals surface area (Å²) in [7, 11) is 1.54. The molecule has 1 aromatic carbocycles. The van der Waals surface area contributed by atoms with E-state index in [0.717, 1.165) is 18.5 Å². The van der Waals surface area contributed by atoms with Gasteiger partial charge in [-0.05, 0) is 36.5 Å². The minimum Gasteiger partial charge on any atom is -0.504 e. The van der Waals surface area contributed by atoms with Gasteiger partial charge in [-0.25, -0.2) is 0 Å². The predicted molar refractivity (Wildman–Crippen MR) is 76.6 cm³/mol. The number of hydrogen-bond donors (Lipinski definition) is 3. The molecule has 0 saturated carbocycles. The number of aromatic hydroxyl groups is 1. The molecule has 4 nitrogen and oxygen atoms in total. The highest BCUT2D eigenvalue weighted by Crippen LogP contribution is 2.29. The zero-order valence-electron chi connectivity index (χ0n) is 12.2. The Morgan fingerprint density at radius 1 is 1.37 bits per heavy atom. The van der Waals surface area contributed by atoms with Crippen molar-refractivity contribution in [2.75, 3.05) is 20.3 Å². The Morgan fingerprint density at radius 2 is 2.05 bits per heavy atom. The van der Waals surface area contributed by atoms with Gasteiger partial charge in [0.15, 0.2) is 11.5 Å². The van der Waals surface area contributed by atoms with E-state index in [1.54, 1.807) is 13.2 Å². The highest BCUT2D eigenvalue weighted by molar-refractivity contribution is 5.42. The molecule has 0 aromatic heterocycles. The van der Waals surface area contributed by atoms with Crippen LogP contribution in [0, 0.1) is 5.41 Å². The molecule has 0 aliphatic carbocycles. The van der Waals surface area contributed by atoms with E-state index in [2.05, 4.69) is 26.1 Å². The van der Waals surface area contributed by atoms with Crippen LogP contribution in [0.3, 0.4) is 0 Å². The summed E-state index contributed by atoms with van der Waals surface area (Å²) in [5.41, 5.74) is 1.12. The molecule has 1 unspecified atom stereocenters. The molecule has 0 spiro atoms. The van der Waals surface area contributed by atoms with Crippen molar-refractivity contribution in [2.45, 2.75) is 33.2 Å². The Kier molecular flexibility index (Phi) is 5.63. The lowest BCUT2D eigenvalue weighted by Crippen LogP contribution is -2.32. The smallest absolute Gasteiger partial charge is 0.160 e. The molecule has 1 aromatic rings. The minimum atomic E-state index is 0.0595. The summed E-state index contributed by atoms with van der Waals surface area (Å²) in [6.45, 7) is 7.34. The number of hydrogen-bond acceptors (Lipinski definition) is 4. The molecule has 0 amide bonds. The molecule has 0 aliphatic rings. The first kappa shape index (κ1) is 15.8. The fraction of sp³-hybridized carbons (Fsp3) is 0.600. The average Bonchev–Trinajstić information content (AvgIpc) is 2.36. The van der Waals surface area contributed by atoms with Crippen LogP contribution in [0.4, 0.5) is 0 Å². The van der Waals surface area contributed by atoms with Crippen molar-refractivity contribution in [2.24, 2.45) is 5.41 Å². The van der Waals surface area contributed by atoms with Crippen molar-refractivity contribution in [3.63, 3.8) is 0 Å². The first-order chi connectivity index (χ1) is 8.89. The van der Waals surface area contributed by atoms with Gasteiger partial charge in [-0.3, -0.25) is 0 Å². The number of aliphatic hydroxyl groups excluding tert-OH is 1. The molecule has 1 atom stereocenters. The molecule has 0 aliphatic heterocycles. The van der Waals surface area contributed by atoms with Gasteiger partial charge in [0.05, 0.1) is 7.11 Å². The molecule has 0 bridgehead atoms. The van der Waals surface area contributed by atoms with Crippen molar-refractivity contribution in [3.8, 4) is 11.5 Å². The molecule has 19 heavy (non-hydrogen) atoms. The lowest BCUT2D eigenvalue weighted by Gasteiger charge is -2.26. The van der Waals surface area contributed by atoms with Crippen LogP contribution in [-0.2, 0) is 0 Å². The van der Waals surface area contributed by atoms with Gasteiger partial charge >= 0.3 is 0 Å². The summed E-state index contributed by atoms with van der Waals surface area (Å²) in [5.74, 6) is 0.639. The van der Waals surface area contributed by atoms with E-state index in [9.17, 15) is 5.11 Å². The number of phenolic OH excluding ortho intramolecular Hbond substituents is 1. The lowest BCUT2D eigenvalue weighted by atomic mass is 9.89.